The van der Waals surface area contributed by atoms with Crippen LogP contribution in [0.3, 0.4) is 0 Å². The molecule has 0 saturated carbocycles. The molecule has 0 aliphatic rings. The number of amides is 1. The van der Waals surface area contributed by atoms with Crippen molar-refractivity contribution in [3.05, 3.63) is 34.9 Å². The van der Waals surface area contributed by atoms with E-state index in [-0.39, 0.29) is 11.8 Å². The molecular weight excluding hydrogens is 274 g/mol. The van der Waals surface area contributed by atoms with Gasteiger partial charge in [-0.2, -0.15) is 0 Å². The molecule has 1 rings (SSSR count). The summed E-state index contributed by atoms with van der Waals surface area (Å²) in [4.78, 5) is 11.6. The van der Waals surface area contributed by atoms with Crippen molar-refractivity contribution in [2.45, 2.75) is 19.9 Å². The Morgan fingerprint density at radius 2 is 2.11 bits per heavy atom. The highest BCUT2D eigenvalue weighted by Gasteiger charge is 2.16. The SMILES string of the molecule is CCS(=O)(=O)CC(=O)N[C@H](C)c1cccc(Cl)c1. The average Bonchev–Trinajstić information content (AvgIpc) is 2.28. The van der Waals surface area contributed by atoms with Gasteiger partial charge in [-0.1, -0.05) is 30.7 Å². The quantitative estimate of drug-likeness (QED) is 0.901. The summed E-state index contributed by atoms with van der Waals surface area (Å²) in [6.45, 7) is 3.30. The minimum absolute atomic E-state index is 0.0357. The van der Waals surface area contributed by atoms with Crippen LogP contribution in [-0.4, -0.2) is 25.8 Å². The third-order valence-electron chi connectivity index (χ3n) is 2.52. The highest BCUT2D eigenvalue weighted by molar-refractivity contribution is 7.92. The maximum atomic E-state index is 11.6. The third kappa shape index (κ3) is 4.66. The summed E-state index contributed by atoms with van der Waals surface area (Å²) < 4.78 is 22.6. The minimum atomic E-state index is -3.29. The molecule has 0 radical (unpaired) electrons. The molecule has 0 aromatic heterocycles. The van der Waals surface area contributed by atoms with Crippen molar-refractivity contribution in [1.29, 1.82) is 0 Å². The van der Waals surface area contributed by atoms with Gasteiger partial charge in [-0.25, -0.2) is 8.42 Å². The van der Waals surface area contributed by atoms with Gasteiger partial charge in [0, 0.05) is 10.8 Å². The second kappa shape index (κ2) is 6.20. The van der Waals surface area contributed by atoms with E-state index in [1.165, 1.54) is 6.92 Å². The largest absolute Gasteiger partial charge is 0.349 e. The Bertz CT molecular complexity index is 528. The topological polar surface area (TPSA) is 63.2 Å². The number of rotatable bonds is 5. The number of nitrogens with one attached hydrogen (secondary N) is 1. The molecule has 1 aromatic carbocycles. The lowest BCUT2D eigenvalue weighted by molar-refractivity contribution is -0.119. The third-order valence-corrected chi connectivity index (χ3v) is 4.33. The molecule has 1 N–H and O–H groups in total. The molecule has 0 bridgehead atoms. The van der Waals surface area contributed by atoms with Crippen LogP contribution in [0.15, 0.2) is 24.3 Å². The monoisotopic (exact) mass is 289 g/mol. The zero-order chi connectivity index (χ0) is 13.8. The van der Waals surface area contributed by atoms with Gasteiger partial charge in [-0.15, -0.1) is 0 Å². The normalized spacial score (nSPS) is 13.1. The number of halogens is 1. The first-order valence-electron chi connectivity index (χ1n) is 5.59. The van der Waals surface area contributed by atoms with Crippen molar-refractivity contribution >= 4 is 27.3 Å². The van der Waals surface area contributed by atoms with Crippen LogP contribution in [0.1, 0.15) is 25.5 Å². The maximum absolute atomic E-state index is 11.6. The fourth-order valence-electron chi connectivity index (χ4n) is 1.44. The van der Waals surface area contributed by atoms with Crippen molar-refractivity contribution in [3.63, 3.8) is 0 Å². The van der Waals surface area contributed by atoms with Gasteiger partial charge >= 0.3 is 0 Å². The second-order valence-corrected chi connectivity index (χ2v) is 6.81. The van der Waals surface area contributed by atoms with E-state index < -0.39 is 21.5 Å². The highest BCUT2D eigenvalue weighted by Crippen LogP contribution is 2.17. The predicted octanol–water partition coefficient (Wildman–Crippen LogP) is 1.95. The summed E-state index contributed by atoms with van der Waals surface area (Å²) in [5.74, 6) is -1.01. The number of hydrogen-bond donors (Lipinski definition) is 1. The Labute approximate surface area is 112 Å². The number of benzene rings is 1. The zero-order valence-corrected chi connectivity index (χ0v) is 11.9. The summed E-state index contributed by atoms with van der Waals surface area (Å²) in [5, 5.41) is 3.22. The maximum Gasteiger partial charge on any atom is 0.235 e. The van der Waals surface area contributed by atoms with Gasteiger partial charge in [0.2, 0.25) is 5.91 Å². The molecule has 4 nitrogen and oxygen atoms in total. The summed E-state index contributed by atoms with van der Waals surface area (Å²) in [6, 6.07) is 6.80. The molecule has 0 fully saturated rings. The van der Waals surface area contributed by atoms with E-state index in [0.717, 1.165) is 5.56 Å². The van der Waals surface area contributed by atoms with Gasteiger partial charge in [0.05, 0.1) is 6.04 Å². The summed E-state index contributed by atoms with van der Waals surface area (Å²) in [5.41, 5.74) is 0.838. The molecule has 100 valence electrons. The van der Waals surface area contributed by atoms with E-state index in [4.69, 9.17) is 11.6 Å². The summed E-state index contributed by atoms with van der Waals surface area (Å²) in [6.07, 6.45) is 0. The molecule has 6 heteroatoms. The first kappa shape index (κ1) is 15.0. The van der Waals surface area contributed by atoms with E-state index in [1.54, 1.807) is 25.1 Å². The number of hydrogen-bond acceptors (Lipinski definition) is 3. The van der Waals surface area contributed by atoms with E-state index in [2.05, 4.69) is 5.32 Å². The Kier molecular flexibility index (Phi) is 5.16. The van der Waals surface area contributed by atoms with E-state index in [1.807, 2.05) is 6.07 Å². The van der Waals surface area contributed by atoms with E-state index in [9.17, 15) is 13.2 Å². The molecule has 0 spiro atoms. The first-order chi connectivity index (χ1) is 8.34. The van der Waals surface area contributed by atoms with Crippen molar-refractivity contribution in [2.24, 2.45) is 0 Å². The van der Waals surface area contributed by atoms with Crippen LogP contribution in [-0.2, 0) is 14.6 Å². The molecule has 0 unspecified atom stereocenters. The van der Waals surface area contributed by atoms with Crippen molar-refractivity contribution in [3.8, 4) is 0 Å². The lowest BCUT2D eigenvalue weighted by Gasteiger charge is -2.14. The fourth-order valence-corrected chi connectivity index (χ4v) is 2.33. The molecule has 0 aliphatic heterocycles. The second-order valence-electron chi connectivity index (χ2n) is 4.02. The van der Waals surface area contributed by atoms with Gasteiger partial charge in [0.1, 0.15) is 5.75 Å². The van der Waals surface area contributed by atoms with E-state index >= 15 is 0 Å². The highest BCUT2D eigenvalue weighted by atomic mass is 35.5. The van der Waals surface area contributed by atoms with Gasteiger partial charge in [-0.05, 0) is 24.6 Å². The van der Waals surface area contributed by atoms with E-state index in [0.29, 0.717) is 5.02 Å². The lowest BCUT2D eigenvalue weighted by atomic mass is 10.1. The standard InChI is InChI=1S/C12H16ClNO3S/c1-3-18(16,17)8-12(15)14-9(2)10-5-4-6-11(13)7-10/h4-7,9H,3,8H2,1-2H3,(H,14,15)/t9-/m1/s1. The van der Waals surface area contributed by atoms with Crippen LogP contribution in [0.4, 0.5) is 0 Å². The van der Waals surface area contributed by atoms with Crippen molar-refractivity contribution in [2.75, 3.05) is 11.5 Å². The smallest absolute Gasteiger partial charge is 0.235 e. The number of carbonyl (C=O) groups is 1. The Hall–Kier alpha value is -1.07. The lowest BCUT2D eigenvalue weighted by Crippen LogP contribution is -2.32. The molecule has 0 aliphatic carbocycles. The molecular formula is C12H16ClNO3S. The van der Waals surface area contributed by atoms with Crippen molar-refractivity contribution < 1.29 is 13.2 Å². The van der Waals surface area contributed by atoms with Gasteiger partial charge < -0.3 is 5.32 Å². The first-order valence-corrected chi connectivity index (χ1v) is 7.79. The zero-order valence-electron chi connectivity index (χ0n) is 10.3. The van der Waals surface area contributed by atoms with Crippen LogP contribution >= 0.6 is 11.6 Å². The molecule has 0 heterocycles. The molecule has 0 saturated heterocycles. The molecule has 1 atom stereocenters. The predicted molar refractivity (Wildman–Crippen MR) is 72.3 cm³/mol. The van der Waals surface area contributed by atoms with Crippen LogP contribution < -0.4 is 5.32 Å². The average molecular weight is 290 g/mol. The molecule has 18 heavy (non-hydrogen) atoms. The molecule has 1 amide bonds. The Balaban J connectivity index is 2.66. The summed E-state index contributed by atoms with van der Waals surface area (Å²) >= 11 is 5.85. The summed E-state index contributed by atoms with van der Waals surface area (Å²) in [7, 11) is -3.29. The minimum Gasteiger partial charge on any atom is -0.349 e. The van der Waals surface area contributed by atoms with Gasteiger partial charge in [0.15, 0.2) is 9.84 Å². The number of carbonyl (C=O) groups excluding carboxylic acids is 1. The number of sulfone groups is 1. The fraction of sp³-hybridized carbons (Fsp3) is 0.417. The van der Waals surface area contributed by atoms with Crippen LogP contribution in [0.2, 0.25) is 5.02 Å². The molecule has 1 aromatic rings. The van der Waals surface area contributed by atoms with Gasteiger partial charge in [-0.3, -0.25) is 4.79 Å². The van der Waals surface area contributed by atoms with Crippen LogP contribution in [0.25, 0.3) is 0 Å². The van der Waals surface area contributed by atoms with Crippen molar-refractivity contribution in [1.82, 2.24) is 5.32 Å². The van der Waals surface area contributed by atoms with Crippen LogP contribution in [0.5, 0.6) is 0 Å². The van der Waals surface area contributed by atoms with Gasteiger partial charge in [0.25, 0.3) is 0 Å². The Morgan fingerprint density at radius 3 is 2.67 bits per heavy atom. The van der Waals surface area contributed by atoms with Crippen LogP contribution in [0, 0.1) is 0 Å². The Morgan fingerprint density at radius 1 is 1.44 bits per heavy atom.